The molecule has 0 radical (unpaired) electrons. The molecule has 1 N–H and O–H groups in total. The van der Waals surface area contributed by atoms with E-state index in [1.807, 2.05) is 0 Å². The third kappa shape index (κ3) is 3.86. The van der Waals surface area contributed by atoms with Crippen molar-refractivity contribution in [1.29, 1.82) is 0 Å². The monoisotopic (exact) mass is 203 g/mol. The van der Waals surface area contributed by atoms with Gasteiger partial charge in [0.2, 0.25) is 0 Å². The second-order valence-corrected chi connectivity index (χ2v) is 4.94. The average Bonchev–Trinajstić information content (AvgIpc) is 2.52. The molecule has 1 fully saturated rings. The molecule has 13 heavy (non-hydrogen) atoms. The van der Waals surface area contributed by atoms with Crippen LogP contribution in [0.1, 0.15) is 39.5 Å². The van der Waals surface area contributed by atoms with Gasteiger partial charge in [-0.15, -0.1) is 11.6 Å². The van der Waals surface area contributed by atoms with Crippen molar-refractivity contribution in [2.45, 2.75) is 44.9 Å². The summed E-state index contributed by atoms with van der Waals surface area (Å²) in [5.74, 6) is 1.53. The first-order chi connectivity index (χ1) is 6.24. The average molecular weight is 204 g/mol. The summed E-state index contributed by atoms with van der Waals surface area (Å²) in [5.41, 5.74) is 0. The molecule has 0 saturated heterocycles. The van der Waals surface area contributed by atoms with E-state index in [0.29, 0.717) is 5.38 Å². The van der Waals surface area contributed by atoms with Gasteiger partial charge in [0.25, 0.3) is 0 Å². The highest BCUT2D eigenvalue weighted by molar-refractivity contribution is 6.20. The Labute approximate surface area is 87.2 Å². The van der Waals surface area contributed by atoms with Crippen LogP contribution in [-0.4, -0.2) is 18.5 Å². The summed E-state index contributed by atoms with van der Waals surface area (Å²) in [4.78, 5) is 0. The van der Waals surface area contributed by atoms with E-state index in [9.17, 15) is 0 Å². The summed E-state index contributed by atoms with van der Waals surface area (Å²) in [6, 6.07) is 0. The number of hydrogen-bond acceptors (Lipinski definition) is 1. The van der Waals surface area contributed by atoms with E-state index in [2.05, 4.69) is 19.2 Å². The van der Waals surface area contributed by atoms with E-state index in [-0.39, 0.29) is 0 Å². The van der Waals surface area contributed by atoms with E-state index >= 15 is 0 Å². The van der Waals surface area contributed by atoms with E-state index in [0.717, 1.165) is 24.9 Å². The number of nitrogens with one attached hydrogen (secondary N) is 1. The van der Waals surface area contributed by atoms with Crippen LogP contribution in [-0.2, 0) is 0 Å². The van der Waals surface area contributed by atoms with E-state index in [1.165, 1.54) is 25.7 Å². The van der Waals surface area contributed by atoms with Crippen molar-refractivity contribution in [3.05, 3.63) is 0 Å². The van der Waals surface area contributed by atoms with Crippen molar-refractivity contribution in [2.75, 3.05) is 13.1 Å². The van der Waals surface area contributed by atoms with Gasteiger partial charge in [0, 0.05) is 5.38 Å². The summed E-state index contributed by atoms with van der Waals surface area (Å²) in [6.07, 6.45) is 5.13. The van der Waals surface area contributed by atoms with E-state index < -0.39 is 0 Å². The minimum atomic E-state index is 0.435. The molecular weight excluding hydrogens is 182 g/mol. The van der Waals surface area contributed by atoms with Gasteiger partial charge in [0.05, 0.1) is 0 Å². The molecule has 0 aromatic heterocycles. The lowest BCUT2D eigenvalue weighted by atomic mass is 10.1. The van der Waals surface area contributed by atoms with Crippen molar-refractivity contribution in [2.24, 2.45) is 11.8 Å². The summed E-state index contributed by atoms with van der Waals surface area (Å²) in [6.45, 7) is 6.81. The zero-order valence-electron chi connectivity index (χ0n) is 8.85. The second kappa shape index (κ2) is 5.87. The van der Waals surface area contributed by atoms with Crippen molar-refractivity contribution in [1.82, 2.24) is 5.32 Å². The van der Waals surface area contributed by atoms with Crippen LogP contribution in [0.15, 0.2) is 0 Å². The highest BCUT2D eigenvalue weighted by Gasteiger charge is 2.24. The van der Waals surface area contributed by atoms with Crippen LogP contribution in [0.3, 0.4) is 0 Å². The Kier molecular flexibility index (Phi) is 5.12. The Balaban J connectivity index is 2.05. The fourth-order valence-corrected chi connectivity index (χ4v) is 2.25. The van der Waals surface area contributed by atoms with E-state index in [1.54, 1.807) is 0 Å². The largest absolute Gasteiger partial charge is 0.316 e. The molecule has 78 valence electrons. The van der Waals surface area contributed by atoms with Gasteiger partial charge >= 0.3 is 0 Å². The van der Waals surface area contributed by atoms with Gasteiger partial charge in [-0.1, -0.05) is 26.7 Å². The summed E-state index contributed by atoms with van der Waals surface area (Å²) >= 11 is 6.19. The molecule has 1 aliphatic rings. The van der Waals surface area contributed by atoms with Crippen LogP contribution in [0.4, 0.5) is 0 Å². The molecule has 2 heteroatoms. The first kappa shape index (κ1) is 11.3. The minimum Gasteiger partial charge on any atom is -0.316 e. The molecule has 1 saturated carbocycles. The molecule has 0 aromatic carbocycles. The lowest BCUT2D eigenvalue weighted by molar-refractivity contribution is 0.442. The Hall–Kier alpha value is 0.250. The van der Waals surface area contributed by atoms with Crippen LogP contribution >= 0.6 is 11.6 Å². The highest BCUT2D eigenvalue weighted by atomic mass is 35.5. The van der Waals surface area contributed by atoms with Crippen molar-refractivity contribution in [3.8, 4) is 0 Å². The van der Waals surface area contributed by atoms with Gasteiger partial charge < -0.3 is 5.32 Å². The van der Waals surface area contributed by atoms with Crippen LogP contribution in [0.2, 0.25) is 0 Å². The van der Waals surface area contributed by atoms with Gasteiger partial charge in [-0.25, -0.2) is 0 Å². The Morgan fingerprint density at radius 3 is 2.77 bits per heavy atom. The molecule has 3 unspecified atom stereocenters. The number of alkyl halides is 1. The molecule has 1 nitrogen and oxygen atoms in total. The van der Waals surface area contributed by atoms with E-state index in [4.69, 9.17) is 11.6 Å². The first-order valence-electron chi connectivity index (χ1n) is 5.58. The highest BCUT2D eigenvalue weighted by Crippen LogP contribution is 2.29. The minimum absolute atomic E-state index is 0.435. The zero-order chi connectivity index (χ0) is 9.68. The summed E-state index contributed by atoms with van der Waals surface area (Å²) in [7, 11) is 0. The molecule has 0 spiro atoms. The summed E-state index contributed by atoms with van der Waals surface area (Å²) < 4.78 is 0. The molecular formula is C11H22ClN. The van der Waals surface area contributed by atoms with Gasteiger partial charge in [-0.3, -0.25) is 0 Å². The maximum absolute atomic E-state index is 6.19. The maximum atomic E-state index is 6.19. The number of rotatable bonds is 5. The lowest BCUT2D eigenvalue weighted by Gasteiger charge is -2.16. The number of halogens is 1. The lowest BCUT2D eigenvalue weighted by Crippen LogP contribution is -2.29. The first-order valence-corrected chi connectivity index (χ1v) is 6.02. The van der Waals surface area contributed by atoms with Crippen molar-refractivity contribution >= 4 is 11.6 Å². The molecule has 0 bridgehead atoms. The quantitative estimate of drug-likeness (QED) is 0.678. The maximum Gasteiger partial charge on any atom is 0.0376 e. The Morgan fingerprint density at radius 2 is 2.23 bits per heavy atom. The van der Waals surface area contributed by atoms with Crippen LogP contribution in [0.5, 0.6) is 0 Å². The molecule has 1 aliphatic carbocycles. The smallest absolute Gasteiger partial charge is 0.0376 e. The van der Waals surface area contributed by atoms with Gasteiger partial charge in [0.15, 0.2) is 0 Å². The normalized spacial score (nSPS) is 30.7. The van der Waals surface area contributed by atoms with Gasteiger partial charge in [0.1, 0.15) is 0 Å². The molecule has 3 atom stereocenters. The third-order valence-corrected chi connectivity index (χ3v) is 3.74. The second-order valence-electron chi connectivity index (χ2n) is 4.38. The number of hydrogen-bond donors (Lipinski definition) is 1. The SMILES string of the molecule is CCC(C)CNCC1CCCC1Cl. The summed E-state index contributed by atoms with van der Waals surface area (Å²) in [5, 5.41) is 3.96. The topological polar surface area (TPSA) is 12.0 Å². The van der Waals surface area contributed by atoms with Crippen LogP contribution < -0.4 is 5.32 Å². The Morgan fingerprint density at radius 1 is 1.46 bits per heavy atom. The molecule has 0 amide bonds. The zero-order valence-corrected chi connectivity index (χ0v) is 9.61. The van der Waals surface area contributed by atoms with Crippen LogP contribution in [0, 0.1) is 11.8 Å². The predicted molar refractivity (Wildman–Crippen MR) is 59.3 cm³/mol. The van der Waals surface area contributed by atoms with Gasteiger partial charge in [-0.2, -0.15) is 0 Å². The fraction of sp³-hybridized carbons (Fsp3) is 1.00. The molecule has 0 aromatic rings. The standard InChI is InChI=1S/C11H22ClN/c1-3-9(2)7-13-8-10-5-4-6-11(10)12/h9-11,13H,3-8H2,1-2H3. The predicted octanol–water partition coefficient (Wildman–Crippen LogP) is 3.03. The molecule has 0 heterocycles. The molecule has 1 rings (SSSR count). The van der Waals surface area contributed by atoms with Crippen molar-refractivity contribution in [3.63, 3.8) is 0 Å². The van der Waals surface area contributed by atoms with Crippen LogP contribution in [0.25, 0.3) is 0 Å². The Bertz CT molecular complexity index is 138. The third-order valence-electron chi connectivity index (χ3n) is 3.16. The van der Waals surface area contributed by atoms with Crippen molar-refractivity contribution < 1.29 is 0 Å². The van der Waals surface area contributed by atoms with Gasteiger partial charge in [-0.05, 0) is 37.8 Å². The molecule has 0 aliphatic heterocycles. The fourth-order valence-electron chi connectivity index (χ4n) is 1.88.